The molecule has 4 aromatic rings. The number of ketones is 1. The van der Waals surface area contributed by atoms with E-state index in [9.17, 15) is 14.0 Å². The van der Waals surface area contributed by atoms with Crippen LogP contribution in [-0.2, 0) is 0 Å². The van der Waals surface area contributed by atoms with Gasteiger partial charge in [-0.2, -0.15) is 0 Å². The number of carbonyl (C=O) groups excluding carboxylic acids is 2. The number of aromatic nitrogens is 1. The van der Waals surface area contributed by atoms with Crippen molar-refractivity contribution in [1.82, 2.24) is 4.98 Å². The Kier molecular flexibility index (Phi) is 4.26. The summed E-state index contributed by atoms with van der Waals surface area (Å²) in [4.78, 5) is 28.4. The number of aromatic amines is 1. The molecule has 2 N–H and O–H groups in total. The molecule has 0 atom stereocenters. The minimum Gasteiger partial charge on any atom is -0.351 e. The average Bonchev–Trinajstić information content (AvgIpc) is 3.12. The van der Waals surface area contributed by atoms with Crippen molar-refractivity contribution in [2.75, 3.05) is 5.32 Å². The van der Waals surface area contributed by atoms with Gasteiger partial charge >= 0.3 is 0 Å². The van der Waals surface area contributed by atoms with Gasteiger partial charge in [0.1, 0.15) is 11.5 Å². The SMILES string of the molecule is O=C(Nc1ccccc1C(=O)c1ccccc1)c1cc2cc(F)ccc2[nH]1. The number of para-hydroxylation sites is 1. The summed E-state index contributed by atoms with van der Waals surface area (Å²) in [5, 5.41) is 3.37. The van der Waals surface area contributed by atoms with Crippen molar-refractivity contribution in [2.24, 2.45) is 0 Å². The smallest absolute Gasteiger partial charge is 0.272 e. The molecule has 0 fully saturated rings. The largest absolute Gasteiger partial charge is 0.351 e. The Morgan fingerprint density at radius 2 is 1.59 bits per heavy atom. The highest BCUT2D eigenvalue weighted by Crippen LogP contribution is 2.22. The van der Waals surface area contributed by atoms with Gasteiger partial charge < -0.3 is 10.3 Å². The van der Waals surface area contributed by atoms with Gasteiger partial charge in [0.15, 0.2) is 5.78 Å². The number of carbonyl (C=O) groups is 2. The molecule has 4 rings (SSSR count). The number of hydrogen-bond acceptors (Lipinski definition) is 2. The Morgan fingerprint density at radius 3 is 2.41 bits per heavy atom. The molecule has 3 aromatic carbocycles. The number of H-pyrrole nitrogens is 1. The first-order chi connectivity index (χ1) is 13.1. The molecular formula is C22H15FN2O2. The lowest BCUT2D eigenvalue weighted by Crippen LogP contribution is -2.15. The Hall–Kier alpha value is -3.73. The van der Waals surface area contributed by atoms with E-state index in [2.05, 4.69) is 10.3 Å². The lowest BCUT2D eigenvalue weighted by atomic mass is 10.0. The van der Waals surface area contributed by atoms with Crippen LogP contribution in [0.3, 0.4) is 0 Å². The molecule has 0 aliphatic heterocycles. The van der Waals surface area contributed by atoms with Gasteiger partial charge in [-0.15, -0.1) is 0 Å². The number of benzene rings is 3. The summed E-state index contributed by atoms with van der Waals surface area (Å²) in [6.07, 6.45) is 0. The second-order valence-corrected chi connectivity index (χ2v) is 6.11. The number of nitrogens with one attached hydrogen (secondary N) is 2. The molecular weight excluding hydrogens is 343 g/mol. The van der Waals surface area contributed by atoms with Gasteiger partial charge in [-0.05, 0) is 36.4 Å². The third-order valence-electron chi connectivity index (χ3n) is 4.28. The summed E-state index contributed by atoms with van der Waals surface area (Å²) in [5.41, 5.74) is 2.31. The molecule has 132 valence electrons. The number of halogens is 1. The van der Waals surface area contributed by atoms with Gasteiger partial charge in [-0.1, -0.05) is 42.5 Å². The van der Waals surface area contributed by atoms with Gasteiger partial charge in [0.25, 0.3) is 5.91 Å². The first-order valence-corrected chi connectivity index (χ1v) is 8.40. The molecule has 5 heteroatoms. The van der Waals surface area contributed by atoms with Crippen molar-refractivity contribution in [2.45, 2.75) is 0 Å². The third kappa shape index (κ3) is 3.35. The van der Waals surface area contributed by atoms with Crippen molar-refractivity contribution >= 4 is 28.3 Å². The van der Waals surface area contributed by atoms with Crippen molar-refractivity contribution in [1.29, 1.82) is 0 Å². The number of rotatable bonds is 4. The first-order valence-electron chi connectivity index (χ1n) is 8.40. The summed E-state index contributed by atoms with van der Waals surface area (Å²) in [6, 6.07) is 21.6. The highest BCUT2D eigenvalue weighted by molar-refractivity contribution is 6.15. The minimum absolute atomic E-state index is 0.176. The van der Waals surface area contributed by atoms with E-state index in [0.717, 1.165) is 0 Å². The Balaban J connectivity index is 1.64. The molecule has 0 radical (unpaired) electrons. The molecule has 0 aliphatic rings. The van der Waals surface area contributed by atoms with Gasteiger partial charge in [-0.25, -0.2) is 4.39 Å². The summed E-state index contributed by atoms with van der Waals surface area (Å²) >= 11 is 0. The maximum Gasteiger partial charge on any atom is 0.272 e. The van der Waals surface area contributed by atoms with Crippen LogP contribution in [0.4, 0.5) is 10.1 Å². The van der Waals surface area contributed by atoms with E-state index in [1.54, 1.807) is 60.7 Å². The molecule has 0 saturated heterocycles. The molecule has 4 nitrogen and oxygen atoms in total. The molecule has 0 unspecified atom stereocenters. The topological polar surface area (TPSA) is 62.0 Å². The fourth-order valence-corrected chi connectivity index (χ4v) is 2.95. The second kappa shape index (κ2) is 6.88. The normalized spacial score (nSPS) is 10.7. The lowest BCUT2D eigenvalue weighted by molar-refractivity contribution is 0.102. The van der Waals surface area contributed by atoms with E-state index in [1.807, 2.05) is 6.07 Å². The zero-order valence-corrected chi connectivity index (χ0v) is 14.2. The molecule has 0 aliphatic carbocycles. The molecule has 1 amide bonds. The minimum atomic E-state index is -0.403. The van der Waals surface area contributed by atoms with Gasteiger partial charge in [-0.3, -0.25) is 9.59 Å². The predicted molar refractivity (Wildman–Crippen MR) is 103 cm³/mol. The van der Waals surface area contributed by atoms with Gasteiger partial charge in [0.2, 0.25) is 0 Å². The number of amides is 1. The van der Waals surface area contributed by atoms with E-state index in [4.69, 9.17) is 0 Å². The van der Waals surface area contributed by atoms with Crippen LogP contribution in [0.25, 0.3) is 10.9 Å². The van der Waals surface area contributed by atoms with E-state index in [-0.39, 0.29) is 17.3 Å². The van der Waals surface area contributed by atoms with E-state index >= 15 is 0 Å². The van der Waals surface area contributed by atoms with Gasteiger partial charge in [0, 0.05) is 22.0 Å². The lowest BCUT2D eigenvalue weighted by Gasteiger charge is -2.10. The van der Waals surface area contributed by atoms with Crippen molar-refractivity contribution in [3.63, 3.8) is 0 Å². The quantitative estimate of drug-likeness (QED) is 0.515. The second-order valence-electron chi connectivity index (χ2n) is 6.11. The van der Waals surface area contributed by atoms with Crippen molar-refractivity contribution in [3.8, 4) is 0 Å². The average molecular weight is 358 g/mol. The zero-order valence-electron chi connectivity index (χ0n) is 14.2. The number of anilines is 1. The Bertz CT molecular complexity index is 1150. The van der Waals surface area contributed by atoms with Crippen LogP contribution in [0.2, 0.25) is 0 Å². The van der Waals surface area contributed by atoms with Crippen molar-refractivity contribution < 1.29 is 14.0 Å². The fourth-order valence-electron chi connectivity index (χ4n) is 2.95. The Labute approximate surface area is 154 Å². The number of fused-ring (bicyclic) bond motifs is 1. The van der Waals surface area contributed by atoms with Crippen LogP contribution in [0.1, 0.15) is 26.4 Å². The summed E-state index contributed by atoms with van der Waals surface area (Å²) in [5.74, 6) is -0.947. The molecule has 27 heavy (non-hydrogen) atoms. The zero-order chi connectivity index (χ0) is 18.8. The van der Waals surface area contributed by atoms with Gasteiger partial charge in [0.05, 0.1) is 5.69 Å². The third-order valence-corrected chi connectivity index (χ3v) is 4.28. The van der Waals surface area contributed by atoms with Crippen LogP contribution in [0.5, 0.6) is 0 Å². The van der Waals surface area contributed by atoms with E-state index < -0.39 is 5.91 Å². The first kappa shape index (κ1) is 16.7. The summed E-state index contributed by atoms with van der Waals surface area (Å²) < 4.78 is 13.3. The fraction of sp³-hybridized carbons (Fsp3) is 0. The van der Waals surface area contributed by atoms with Crippen LogP contribution >= 0.6 is 0 Å². The number of hydrogen-bond donors (Lipinski definition) is 2. The maximum atomic E-state index is 13.3. The van der Waals surface area contributed by atoms with Crippen LogP contribution < -0.4 is 5.32 Å². The molecule has 0 spiro atoms. The summed E-state index contributed by atoms with van der Waals surface area (Å²) in [6.45, 7) is 0. The monoisotopic (exact) mass is 358 g/mol. The highest BCUT2D eigenvalue weighted by atomic mass is 19.1. The molecule has 1 aromatic heterocycles. The highest BCUT2D eigenvalue weighted by Gasteiger charge is 2.16. The standard InChI is InChI=1S/C22H15FN2O2/c23-16-10-11-18-15(12-16)13-20(24-18)22(27)25-19-9-5-4-8-17(19)21(26)14-6-2-1-3-7-14/h1-13,24H,(H,25,27). The predicted octanol–water partition coefficient (Wildman–Crippen LogP) is 4.79. The van der Waals surface area contributed by atoms with Crippen LogP contribution in [0, 0.1) is 5.82 Å². The van der Waals surface area contributed by atoms with Crippen LogP contribution in [0.15, 0.2) is 78.9 Å². The van der Waals surface area contributed by atoms with Crippen molar-refractivity contribution in [3.05, 3.63) is 102 Å². The molecule has 0 bridgehead atoms. The molecule has 1 heterocycles. The Morgan fingerprint density at radius 1 is 0.852 bits per heavy atom. The van der Waals surface area contributed by atoms with E-state index in [0.29, 0.717) is 27.7 Å². The maximum absolute atomic E-state index is 13.3. The van der Waals surface area contributed by atoms with Crippen LogP contribution in [-0.4, -0.2) is 16.7 Å². The molecule has 0 saturated carbocycles. The van der Waals surface area contributed by atoms with E-state index in [1.165, 1.54) is 12.1 Å². The summed E-state index contributed by atoms with van der Waals surface area (Å²) in [7, 11) is 0.